The van der Waals surface area contributed by atoms with Crippen molar-refractivity contribution in [1.82, 2.24) is 0 Å². The van der Waals surface area contributed by atoms with Crippen LogP contribution in [-0.4, -0.2) is 17.6 Å². The molecule has 0 heterocycles. The summed E-state index contributed by atoms with van der Waals surface area (Å²) in [6, 6.07) is 3.97. The van der Waals surface area contributed by atoms with E-state index in [0.29, 0.717) is 30.0 Å². The van der Waals surface area contributed by atoms with E-state index in [2.05, 4.69) is 0 Å². The van der Waals surface area contributed by atoms with E-state index in [-0.39, 0.29) is 6.42 Å². The zero-order valence-corrected chi connectivity index (χ0v) is 10.1. The number of benzene rings is 1. The molecule has 17 heavy (non-hydrogen) atoms. The van der Waals surface area contributed by atoms with E-state index in [9.17, 15) is 9.18 Å². The molecule has 0 spiro atoms. The maximum absolute atomic E-state index is 13.0. The molecule has 0 aliphatic carbocycles. The van der Waals surface area contributed by atoms with Crippen LogP contribution in [0.2, 0.25) is 5.02 Å². The molecule has 0 amide bonds. The minimum Gasteiger partial charge on any atom is -0.481 e. The normalized spacial score (nSPS) is 12.4. The third kappa shape index (κ3) is 4.32. The van der Waals surface area contributed by atoms with Gasteiger partial charge in [-0.15, -0.1) is 0 Å². The zero-order valence-electron chi connectivity index (χ0n) is 9.33. The Hall–Kier alpha value is -1.13. The average molecular weight is 260 g/mol. The number of aliphatic carboxylic acids is 1. The first-order valence-corrected chi connectivity index (χ1v) is 5.79. The number of halogens is 2. The molecular weight excluding hydrogens is 245 g/mol. The van der Waals surface area contributed by atoms with Crippen LogP contribution in [0, 0.1) is 11.7 Å². The van der Waals surface area contributed by atoms with Crippen molar-refractivity contribution >= 4 is 17.6 Å². The molecule has 0 saturated heterocycles. The molecule has 3 N–H and O–H groups in total. The number of carbonyl (C=O) groups is 1. The number of carboxylic acids is 1. The second-order valence-electron chi connectivity index (χ2n) is 3.91. The van der Waals surface area contributed by atoms with Gasteiger partial charge in [0.05, 0.1) is 5.92 Å². The molecule has 0 aliphatic rings. The Balaban J connectivity index is 2.78. The molecule has 0 fully saturated rings. The van der Waals surface area contributed by atoms with Gasteiger partial charge in [-0.25, -0.2) is 4.39 Å². The van der Waals surface area contributed by atoms with E-state index in [0.717, 1.165) is 0 Å². The van der Waals surface area contributed by atoms with Crippen molar-refractivity contribution in [2.24, 2.45) is 11.7 Å². The van der Waals surface area contributed by atoms with Crippen LogP contribution in [0.1, 0.15) is 18.4 Å². The Morgan fingerprint density at radius 2 is 2.24 bits per heavy atom. The van der Waals surface area contributed by atoms with Gasteiger partial charge in [0, 0.05) is 5.02 Å². The first kappa shape index (κ1) is 13.9. The van der Waals surface area contributed by atoms with Crippen LogP contribution < -0.4 is 5.73 Å². The largest absolute Gasteiger partial charge is 0.481 e. The summed E-state index contributed by atoms with van der Waals surface area (Å²) in [6.45, 7) is 0.445. The van der Waals surface area contributed by atoms with Crippen LogP contribution in [0.4, 0.5) is 4.39 Å². The summed E-state index contributed by atoms with van der Waals surface area (Å²) in [7, 11) is 0. The highest BCUT2D eigenvalue weighted by Crippen LogP contribution is 2.22. The van der Waals surface area contributed by atoms with Gasteiger partial charge in [-0.2, -0.15) is 0 Å². The van der Waals surface area contributed by atoms with E-state index in [1.807, 2.05) is 0 Å². The highest BCUT2D eigenvalue weighted by Gasteiger charge is 2.19. The van der Waals surface area contributed by atoms with E-state index in [1.165, 1.54) is 18.2 Å². The van der Waals surface area contributed by atoms with Crippen LogP contribution in [0.25, 0.3) is 0 Å². The molecule has 0 aromatic heterocycles. The number of rotatable bonds is 6. The van der Waals surface area contributed by atoms with Crippen molar-refractivity contribution < 1.29 is 14.3 Å². The van der Waals surface area contributed by atoms with Crippen molar-refractivity contribution in [1.29, 1.82) is 0 Å². The lowest BCUT2D eigenvalue weighted by Gasteiger charge is -2.12. The topological polar surface area (TPSA) is 63.3 Å². The van der Waals surface area contributed by atoms with Crippen molar-refractivity contribution in [3.63, 3.8) is 0 Å². The maximum Gasteiger partial charge on any atom is 0.306 e. The standard InChI is InChI=1S/C12H15ClFNO2/c13-11-4-3-10(14)7-9(11)6-8(12(16)17)2-1-5-15/h3-4,7-8H,1-2,5-6,15H2,(H,16,17). The highest BCUT2D eigenvalue weighted by atomic mass is 35.5. The quantitative estimate of drug-likeness (QED) is 0.825. The first-order valence-electron chi connectivity index (χ1n) is 5.41. The number of hydrogen-bond donors (Lipinski definition) is 2. The van der Waals surface area contributed by atoms with Crippen molar-refractivity contribution in [3.05, 3.63) is 34.6 Å². The minimum atomic E-state index is -0.904. The molecule has 1 unspecified atom stereocenters. The summed E-state index contributed by atoms with van der Waals surface area (Å²) >= 11 is 5.89. The Kier molecular flexibility index (Phi) is 5.38. The van der Waals surface area contributed by atoms with Gasteiger partial charge in [0.15, 0.2) is 0 Å². The predicted octanol–water partition coefficient (Wildman–Crippen LogP) is 2.46. The van der Waals surface area contributed by atoms with Crippen LogP contribution in [-0.2, 0) is 11.2 Å². The molecule has 0 aliphatic heterocycles. The van der Waals surface area contributed by atoms with Gasteiger partial charge in [0.1, 0.15) is 5.82 Å². The average Bonchev–Trinajstić information content (AvgIpc) is 2.28. The summed E-state index contributed by atoms with van der Waals surface area (Å²) in [5.74, 6) is -1.89. The van der Waals surface area contributed by atoms with Gasteiger partial charge < -0.3 is 10.8 Å². The Morgan fingerprint density at radius 3 is 2.82 bits per heavy atom. The summed E-state index contributed by atoms with van der Waals surface area (Å²) in [5, 5.41) is 9.44. The number of nitrogens with two attached hydrogens (primary N) is 1. The van der Waals surface area contributed by atoms with Crippen LogP contribution >= 0.6 is 11.6 Å². The monoisotopic (exact) mass is 259 g/mol. The smallest absolute Gasteiger partial charge is 0.306 e. The molecule has 1 aromatic carbocycles. The fraction of sp³-hybridized carbons (Fsp3) is 0.417. The second-order valence-corrected chi connectivity index (χ2v) is 4.31. The molecule has 1 rings (SSSR count). The van der Waals surface area contributed by atoms with Crippen molar-refractivity contribution in [3.8, 4) is 0 Å². The second kappa shape index (κ2) is 6.57. The predicted molar refractivity (Wildman–Crippen MR) is 64.5 cm³/mol. The fourth-order valence-electron chi connectivity index (χ4n) is 1.64. The lowest BCUT2D eigenvalue weighted by molar-refractivity contribution is -0.141. The van der Waals surface area contributed by atoms with E-state index in [1.54, 1.807) is 0 Å². The van der Waals surface area contributed by atoms with Crippen molar-refractivity contribution in [2.45, 2.75) is 19.3 Å². The van der Waals surface area contributed by atoms with Crippen molar-refractivity contribution in [2.75, 3.05) is 6.54 Å². The first-order chi connectivity index (χ1) is 8.04. The molecule has 3 nitrogen and oxygen atoms in total. The van der Waals surface area contributed by atoms with Gasteiger partial charge in [-0.3, -0.25) is 4.79 Å². The van der Waals surface area contributed by atoms with Crippen LogP contribution in [0.15, 0.2) is 18.2 Å². The number of carboxylic acid groups (broad SMARTS) is 1. The highest BCUT2D eigenvalue weighted by molar-refractivity contribution is 6.31. The molecule has 5 heteroatoms. The Morgan fingerprint density at radius 1 is 1.53 bits per heavy atom. The molecule has 0 bridgehead atoms. The van der Waals surface area contributed by atoms with Gasteiger partial charge >= 0.3 is 5.97 Å². The van der Waals surface area contributed by atoms with E-state index < -0.39 is 17.7 Å². The van der Waals surface area contributed by atoms with Crippen LogP contribution in [0.3, 0.4) is 0 Å². The molecule has 0 saturated carbocycles. The zero-order chi connectivity index (χ0) is 12.8. The fourth-order valence-corrected chi connectivity index (χ4v) is 1.84. The van der Waals surface area contributed by atoms with E-state index in [4.69, 9.17) is 22.4 Å². The summed E-state index contributed by atoms with van der Waals surface area (Å²) in [6.07, 6.45) is 1.33. The molecule has 1 atom stereocenters. The van der Waals surface area contributed by atoms with Gasteiger partial charge in [-0.05, 0) is 49.6 Å². The maximum atomic E-state index is 13.0. The summed E-state index contributed by atoms with van der Waals surface area (Å²) in [4.78, 5) is 11.0. The molecule has 0 radical (unpaired) electrons. The van der Waals surface area contributed by atoms with Gasteiger partial charge in [0.25, 0.3) is 0 Å². The minimum absolute atomic E-state index is 0.228. The lowest BCUT2D eigenvalue weighted by Crippen LogP contribution is -2.18. The Labute approximate surface area is 104 Å². The third-order valence-corrected chi connectivity index (χ3v) is 2.95. The SMILES string of the molecule is NCCCC(Cc1cc(F)ccc1Cl)C(=O)O. The van der Waals surface area contributed by atoms with Gasteiger partial charge in [-0.1, -0.05) is 11.6 Å². The number of hydrogen-bond acceptors (Lipinski definition) is 2. The third-order valence-electron chi connectivity index (χ3n) is 2.58. The summed E-state index contributed by atoms with van der Waals surface area (Å²) in [5.41, 5.74) is 5.87. The lowest BCUT2D eigenvalue weighted by atomic mass is 9.95. The van der Waals surface area contributed by atoms with Crippen LogP contribution in [0.5, 0.6) is 0 Å². The summed E-state index contributed by atoms with van der Waals surface area (Å²) < 4.78 is 13.0. The molecule has 1 aromatic rings. The van der Waals surface area contributed by atoms with E-state index >= 15 is 0 Å². The Bertz CT molecular complexity index is 398. The van der Waals surface area contributed by atoms with Gasteiger partial charge in [0.2, 0.25) is 0 Å². The molecule has 94 valence electrons. The molecular formula is C12H15ClFNO2.